The van der Waals surface area contributed by atoms with Crippen LogP contribution in [0.1, 0.15) is 20.8 Å². The summed E-state index contributed by atoms with van der Waals surface area (Å²) in [6.07, 6.45) is 3.51. The number of sulfonamides is 1. The Bertz CT molecular complexity index is 1500. The van der Waals surface area contributed by atoms with Gasteiger partial charge in [-0.3, -0.25) is 0 Å². The first kappa shape index (κ1) is 25.1. The number of benzene rings is 1. The zero-order chi connectivity index (χ0) is 26.2. The molecule has 37 heavy (non-hydrogen) atoms. The van der Waals surface area contributed by atoms with Crippen LogP contribution >= 0.6 is 0 Å². The SMILES string of the molecule is CN1CCN(c2ccc(Nc3ncc4ccc(-c5cccc(S(=O)(=O)NC(C)(C)C)c5)n4n3)cn2)CC1. The normalized spacial score (nSPS) is 15.3. The van der Waals surface area contributed by atoms with Crippen LogP contribution in [-0.2, 0) is 10.0 Å². The maximum absolute atomic E-state index is 12.9. The number of fused-ring (bicyclic) bond motifs is 1. The third kappa shape index (κ3) is 5.74. The average molecular weight is 521 g/mol. The standard InChI is InChI=1S/C26H32N8O2S/c1-26(2,3)31-37(35,36)22-7-5-6-19(16-22)23-10-9-21-18-28-25(30-34(21)23)29-20-8-11-24(27-17-20)33-14-12-32(4)13-15-33/h5-11,16-18,31H,12-15H2,1-4H3,(H,29,30). The lowest BCUT2D eigenvalue weighted by Crippen LogP contribution is -2.44. The number of rotatable bonds is 6. The number of aromatic nitrogens is 4. The summed E-state index contributed by atoms with van der Waals surface area (Å²) >= 11 is 0. The first-order valence-electron chi connectivity index (χ1n) is 12.2. The second-order valence-corrected chi connectivity index (χ2v) is 12.0. The molecule has 1 aliphatic heterocycles. The fourth-order valence-electron chi connectivity index (χ4n) is 4.27. The second kappa shape index (κ2) is 9.73. The largest absolute Gasteiger partial charge is 0.354 e. The molecule has 1 saturated heterocycles. The van der Waals surface area contributed by atoms with Crippen LogP contribution in [0.4, 0.5) is 17.5 Å². The van der Waals surface area contributed by atoms with Gasteiger partial charge < -0.3 is 15.1 Å². The highest BCUT2D eigenvalue weighted by molar-refractivity contribution is 7.89. The van der Waals surface area contributed by atoms with E-state index in [2.05, 4.69) is 42.0 Å². The Morgan fingerprint density at radius 2 is 1.70 bits per heavy atom. The van der Waals surface area contributed by atoms with Crippen LogP contribution in [0.2, 0.25) is 0 Å². The Morgan fingerprint density at radius 3 is 2.41 bits per heavy atom. The summed E-state index contributed by atoms with van der Waals surface area (Å²) < 4.78 is 30.2. The average Bonchev–Trinajstić information content (AvgIpc) is 3.27. The van der Waals surface area contributed by atoms with Gasteiger partial charge in [0.15, 0.2) is 0 Å². The summed E-state index contributed by atoms with van der Waals surface area (Å²) in [5.74, 6) is 1.37. The monoisotopic (exact) mass is 520 g/mol. The molecule has 0 aliphatic carbocycles. The summed E-state index contributed by atoms with van der Waals surface area (Å²) in [5, 5.41) is 7.89. The topological polar surface area (TPSA) is 108 Å². The molecule has 0 atom stereocenters. The number of pyridine rings is 1. The lowest BCUT2D eigenvalue weighted by atomic mass is 10.1. The molecule has 1 aliphatic rings. The smallest absolute Gasteiger partial charge is 0.245 e. The zero-order valence-electron chi connectivity index (χ0n) is 21.5. The molecule has 0 saturated carbocycles. The van der Waals surface area contributed by atoms with E-state index in [1.54, 1.807) is 35.1 Å². The molecule has 2 N–H and O–H groups in total. The molecule has 0 amide bonds. The van der Waals surface area contributed by atoms with Gasteiger partial charge in [-0.1, -0.05) is 12.1 Å². The van der Waals surface area contributed by atoms with E-state index < -0.39 is 15.6 Å². The minimum atomic E-state index is -3.67. The number of hydrogen-bond acceptors (Lipinski definition) is 8. The predicted molar refractivity (Wildman–Crippen MR) is 146 cm³/mol. The van der Waals surface area contributed by atoms with Crippen molar-refractivity contribution in [2.45, 2.75) is 31.2 Å². The zero-order valence-corrected chi connectivity index (χ0v) is 22.3. The van der Waals surface area contributed by atoms with Crippen LogP contribution in [0, 0.1) is 0 Å². The summed E-state index contributed by atoms with van der Waals surface area (Å²) in [5.41, 5.74) is 2.50. The lowest BCUT2D eigenvalue weighted by Gasteiger charge is -2.33. The highest BCUT2D eigenvalue weighted by atomic mass is 32.2. The molecule has 10 nitrogen and oxygen atoms in total. The van der Waals surface area contributed by atoms with Crippen molar-refractivity contribution in [3.05, 3.63) is 60.9 Å². The highest BCUT2D eigenvalue weighted by Gasteiger charge is 2.22. The number of hydrogen-bond donors (Lipinski definition) is 2. The molecule has 0 bridgehead atoms. The van der Waals surface area contributed by atoms with E-state index in [0.29, 0.717) is 5.95 Å². The van der Waals surface area contributed by atoms with Crippen LogP contribution in [0.3, 0.4) is 0 Å². The highest BCUT2D eigenvalue weighted by Crippen LogP contribution is 2.26. The first-order chi connectivity index (χ1) is 17.6. The second-order valence-electron chi connectivity index (χ2n) is 10.3. The summed E-state index contributed by atoms with van der Waals surface area (Å²) in [4.78, 5) is 13.8. The van der Waals surface area contributed by atoms with E-state index >= 15 is 0 Å². The molecule has 0 unspecified atom stereocenters. The van der Waals surface area contributed by atoms with Crippen LogP contribution in [0.5, 0.6) is 0 Å². The third-order valence-corrected chi connectivity index (χ3v) is 7.87. The van der Waals surface area contributed by atoms with Crippen molar-refractivity contribution in [2.75, 3.05) is 43.4 Å². The Morgan fingerprint density at radius 1 is 0.919 bits per heavy atom. The fraction of sp³-hybridized carbons (Fsp3) is 0.346. The summed E-state index contributed by atoms with van der Waals surface area (Å²) in [6, 6.07) is 14.6. The van der Waals surface area contributed by atoms with E-state index in [4.69, 9.17) is 0 Å². The molecule has 1 aromatic carbocycles. The van der Waals surface area contributed by atoms with E-state index in [1.165, 1.54) is 0 Å². The Kier molecular flexibility index (Phi) is 6.61. The van der Waals surface area contributed by atoms with Crippen molar-refractivity contribution >= 4 is 33.0 Å². The minimum Gasteiger partial charge on any atom is -0.354 e. The van der Waals surface area contributed by atoms with Crippen LogP contribution in [0.15, 0.2) is 65.8 Å². The van der Waals surface area contributed by atoms with Crippen LogP contribution < -0.4 is 14.9 Å². The van der Waals surface area contributed by atoms with E-state index in [-0.39, 0.29) is 4.90 Å². The predicted octanol–water partition coefficient (Wildman–Crippen LogP) is 3.36. The van der Waals surface area contributed by atoms with Gasteiger partial charge in [0.05, 0.1) is 34.2 Å². The molecule has 1 fully saturated rings. The molecule has 4 heterocycles. The number of likely N-dealkylation sites (N-methyl/N-ethyl adjacent to an activating group) is 1. The van der Waals surface area contributed by atoms with Crippen molar-refractivity contribution in [3.8, 4) is 11.3 Å². The first-order valence-corrected chi connectivity index (χ1v) is 13.7. The number of anilines is 3. The molecule has 3 aromatic heterocycles. The molecule has 0 radical (unpaired) electrons. The molecular weight excluding hydrogens is 488 g/mol. The van der Waals surface area contributed by atoms with Gasteiger partial charge in [-0.2, -0.15) is 0 Å². The van der Waals surface area contributed by atoms with Gasteiger partial charge in [0.2, 0.25) is 16.0 Å². The van der Waals surface area contributed by atoms with Gasteiger partial charge in [0.25, 0.3) is 0 Å². The van der Waals surface area contributed by atoms with Crippen molar-refractivity contribution in [1.29, 1.82) is 0 Å². The maximum Gasteiger partial charge on any atom is 0.245 e. The van der Waals surface area contributed by atoms with Crippen LogP contribution in [0.25, 0.3) is 16.8 Å². The lowest BCUT2D eigenvalue weighted by molar-refractivity contribution is 0.312. The van der Waals surface area contributed by atoms with Crippen molar-refractivity contribution in [3.63, 3.8) is 0 Å². The molecule has 194 valence electrons. The Balaban J connectivity index is 1.38. The summed E-state index contributed by atoms with van der Waals surface area (Å²) in [7, 11) is -1.53. The van der Waals surface area contributed by atoms with E-state index in [1.807, 2.05) is 51.1 Å². The molecule has 11 heteroatoms. The van der Waals surface area contributed by atoms with Gasteiger partial charge in [0.1, 0.15) is 5.82 Å². The maximum atomic E-state index is 12.9. The van der Waals surface area contributed by atoms with Gasteiger partial charge >= 0.3 is 0 Å². The molecule has 5 rings (SSSR count). The van der Waals surface area contributed by atoms with Crippen molar-refractivity contribution in [1.82, 2.24) is 29.2 Å². The van der Waals surface area contributed by atoms with Gasteiger partial charge in [0, 0.05) is 37.3 Å². The Hall–Kier alpha value is -3.54. The third-order valence-electron chi connectivity index (χ3n) is 6.11. The molecular formula is C26H32N8O2S. The van der Waals surface area contributed by atoms with Crippen molar-refractivity contribution in [2.24, 2.45) is 0 Å². The number of nitrogens with zero attached hydrogens (tertiary/aromatic N) is 6. The van der Waals surface area contributed by atoms with E-state index in [0.717, 1.165) is 54.5 Å². The van der Waals surface area contributed by atoms with E-state index in [9.17, 15) is 8.42 Å². The summed E-state index contributed by atoms with van der Waals surface area (Å²) in [6.45, 7) is 9.41. The van der Waals surface area contributed by atoms with Crippen LogP contribution in [-0.4, -0.2) is 71.7 Å². The number of piperazine rings is 1. The Labute approximate surface area is 217 Å². The minimum absolute atomic E-state index is 0.203. The molecule has 0 spiro atoms. The molecule has 4 aromatic rings. The quantitative estimate of drug-likeness (QED) is 0.399. The van der Waals surface area contributed by atoms with Crippen molar-refractivity contribution < 1.29 is 8.42 Å². The van der Waals surface area contributed by atoms with Gasteiger partial charge in [-0.05, 0) is 64.2 Å². The van der Waals surface area contributed by atoms with Gasteiger partial charge in [-0.25, -0.2) is 27.6 Å². The fourth-order valence-corrected chi connectivity index (χ4v) is 5.74. The number of nitrogens with one attached hydrogen (secondary N) is 2. The van der Waals surface area contributed by atoms with Gasteiger partial charge in [-0.15, -0.1) is 5.10 Å².